The van der Waals surface area contributed by atoms with Crippen molar-refractivity contribution < 1.29 is 4.39 Å². The van der Waals surface area contributed by atoms with E-state index in [-0.39, 0.29) is 5.82 Å². The van der Waals surface area contributed by atoms with Crippen LogP contribution in [-0.2, 0) is 6.54 Å². The number of benzene rings is 1. The van der Waals surface area contributed by atoms with Gasteiger partial charge in [-0.2, -0.15) is 0 Å². The molecule has 0 spiro atoms. The zero-order chi connectivity index (χ0) is 12.3. The first-order valence-electron chi connectivity index (χ1n) is 6.34. The highest BCUT2D eigenvalue weighted by Gasteiger charge is 2.21. The van der Waals surface area contributed by atoms with Crippen LogP contribution in [0.4, 0.5) is 4.39 Å². The maximum Gasteiger partial charge on any atom is 0.127 e. The van der Waals surface area contributed by atoms with Crippen molar-refractivity contribution in [3.63, 3.8) is 0 Å². The molecule has 1 fully saturated rings. The highest BCUT2D eigenvalue weighted by Crippen LogP contribution is 2.27. The maximum absolute atomic E-state index is 13.5. The summed E-state index contributed by atoms with van der Waals surface area (Å²) in [6.07, 6.45) is 5.33. The lowest BCUT2D eigenvalue weighted by atomic mass is 9.99. The third kappa shape index (κ3) is 3.52. The van der Waals surface area contributed by atoms with Gasteiger partial charge in [0.2, 0.25) is 0 Å². The van der Waals surface area contributed by atoms with Gasteiger partial charge in [-0.1, -0.05) is 28.8 Å². The van der Waals surface area contributed by atoms with E-state index in [1.54, 1.807) is 6.07 Å². The van der Waals surface area contributed by atoms with Crippen molar-refractivity contribution in [2.24, 2.45) is 5.92 Å². The van der Waals surface area contributed by atoms with Crippen molar-refractivity contribution >= 4 is 15.9 Å². The molecule has 0 saturated heterocycles. The topological polar surface area (TPSA) is 12.0 Å². The van der Waals surface area contributed by atoms with E-state index in [0.29, 0.717) is 12.6 Å². The van der Waals surface area contributed by atoms with E-state index >= 15 is 0 Å². The van der Waals surface area contributed by atoms with E-state index in [9.17, 15) is 4.39 Å². The van der Waals surface area contributed by atoms with Crippen molar-refractivity contribution in [2.75, 3.05) is 0 Å². The molecule has 2 rings (SSSR count). The van der Waals surface area contributed by atoms with E-state index in [1.165, 1.54) is 31.7 Å². The second-order valence-electron chi connectivity index (χ2n) is 4.95. The Labute approximate surface area is 111 Å². The molecular weight excluding hydrogens is 281 g/mol. The van der Waals surface area contributed by atoms with Crippen molar-refractivity contribution in [3.05, 3.63) is 34.1 Å². The molecule has 0 radical (unpaired) electrons. The van der Waals surface area contributed by atoms with Crippen LogP contribution in [0.15, 0.2) is 22.7 Å². The number of rotatable bonds is 4. The summed E-state index contributed by atoms with van der Waals surface area (Å²) in [5.41, 5.74) is 0.740. The molecule has 1 aliphatic rings. The molecule has 1 atom stereocenters. The molecular formula is C14H19BrFN. The van der Waals surface area contributed by atoms with Crippen LogP contribution in [0.5, 0.6) is 0 Å². The Hall–Kier alpha value is -0.410. The zero-order valence-electron chi connectivity index (χ0n) is 10.2. The first kappa shape index (κ1) is 13.0. The van der Waals surface area contributed by atoms with E-state index in [1.807, 2.05) is 6.07 Å². The molecule has 1 unspecified atom stereocenters. The van der Waals surface area contributed by atoms with Crippen LogP contribution in [0.2, 0.25) is 0 Å². The molecule has 94 valence electrons. The van der Waals surface area contributed by atoms with Crippen LogP contribution in [0.1, 0.15) is 38.2 Å². The largest absolute Gasteiger partial charge is 0.310 e. The van der Waals surface area contributed by atoms with Crippen molar-refractivity contribution in [1.29, 1.82) is 0 Å². The Kier molecular flexibility index (Phi) is 4.57. The molecule has 0 aliphatic heterocycles. The van der Waals surface area contributed by atoms with Gasteiger partial charge in [0.05, 0.1) is 0 Å². The van der Waals surface area contributed by atoms with Crippen molar-refractivity contribution in [3.8, 4) is 0 Å². The number of hydrogen-bond acceptors (Lipinski definition) is 1. The van der Waals surface area contributed by atoms with Gasteiger partial charge in [0.1, 0.15) is 5.82 Å². The van der Waals surface area contributed by atoms with Crippen molar-refractivity contribution in [2.45, 2.75) is 45.2 Å². The minimum absolute atomic E-state index is 0.126. The van der Waals surface area contributed by atoms with Gasteiger partial charge in [0.15, 0.2) is 0 Å². The summed E-state index contributed by atoms with van der Waals surface area (Å²) in [6.45, 7) is 2.83. The molecule has 0 aromatic heterocycles. The molecule has 1 N–H and O–H groups in total. The molecule has 0 amide bonds. The van der Waals surface area contributed by atoms with E-state index in [2.05, 4.69) is 28.2 Å². The lowest BCUT2D eigenvalue weighted by Crippen LogP contribution is -2.32. The fourth-order valence-corrected chi connectivity index (χ4v) is 2.98. The summed E-state index contributed by atoms with van der Waals surface area (Å²) in [5.74, 6) is 0.643. The van der Waals surface area contributed by atoms with Gasteiger partial charge in [-0.3, -0.25) is 0 Å². The lowest BCUT2D eigenvalue weighted by molar-refractivity contribution is 0.378. The third-order valence-corrected chi connectivity index (χ3v) is 4.22. The van der Waals surface area contributed by atoms with Gasteiger partial charge in [-0.25, -0.2) is 4.39 Å². The summed E-state index contributed by atoms with van der Waals surface area (Å²) in [6, 6.07) is 5.58. The normalized spacial score (nSPS) is 18.5. The van der Waals surface area contributed by atoms with Crippen LogP contribution in [-0.4, -0.2) is 6.04 Å². The molecule has 3 heteroatoms. The fraction of sp³-hybridized carbons (Fsp3) is 0.571. The first-order chi connectivity index (χ1) is 8.16. The Morgan fingerprint density at radius 2 is 2.12 bits per heavy atom. The average molecular weight is 300 g/mol. The molecule has 17 heavy (non-hydrogen) atoms. The van der Waals surface area contributed by atoms with E-state index in [4.69, 9.17) is 0 Å². The summed E-state index contributed by atoms with van der Waals surface area (Å²) >= 11 is 3.38. The van der Waals surface area contributed by atoms with Crippen LogP contribution in [0.25, 0.3) is 0 Å². The van der Waals surface area contributed by atoms with Crippen LogP contribution < -0.4 is 5.32 Å². The number of halogens is 2. The minimum atomic E-state index is -0.126. The Morgan fingerprint density at radius 3 is 2.82 bits per heavy atom. The highest BCUT2D eigenvalue weighted by molar-refractivity contribution is 9.10. The minimum Gasteiger partial charge on any atom is -0.310 e. The third-order valence-electron chi connectivity index (χ3n) is 3.73. The number of nitrogens with one attached hydrogen (secondary N) is 1. The predicted molar refractivity (Wildman–Crippen MR) is 72.4 cm³/mol. The summed E-state index contributed by atoms with van der Waals surface area (Å²) < 4.78 is 14.5. The van der Waals surface area contributed by atoms with Gasteiger partial charge < -0.3 is 5.32 Å². The van der Waals surface area contributed by atoms with Gasteiger partial charge in [-0.05, 0) is 43.9 Å². The smallest absolute Gasteiger partial charge is 0.127 e. The van der Waals surface area contributed by atoms with Crippen LogP contribution in [0.3, 0.4) is 0 Å². The number of hydrogen-bond donors (Lipinski definition) is 1. The van der Waals surface area contributed by atoms with Crippen LogP contribution in [0, 0.1) is 11.7 Å². The van der Waals surface area contributed by atoms with E-state index in [0.717, 1.165) is 16.0 Å². The molecule has 1 nitrogen and oxygen atoms in total. The Morgan fingerprint density at radius 1 is 1.41 bits per heavy atom. The predicted octanol–water partition coefficient (Wildman–Crippen LogP) is 4.26. The monoisotopic (exact) mass is 299 g/mol. The first-order valence-corrected chi connectivity index (χ1v) is 7.13. The van der Waals surface area contributed by atoms with Crippen molar-refractivity contribution in [1.82, 2.24) is 5.32 Å². The van der Waals surface area contributed by atoms with E-state index < -0.39 is 0 Å². The molecule has 0 bridgehead atoms. The van der Waals surface area contributed by atoms with Gasteiger partial charge in [0.25, 0.3) is 0 Å². The van der Waals surface area contributed by atoms with Crippen LogP contribution >= 0.6 is 15.9 Å². The summed E-state index contributed by atoms with van der Waals surface area (Å²) in [7, 11) is 0. The second kappa shape index (κ2) is 5.96. The summed E-state index contributed by atoms with van der Waals surface area (Å²) in [4.78, 5) is 0. The zero-order valence-corrected chi connectivity index (χ0v) is 11.8. The molecule has 1 aliphatic carbocycles. The van der Waals surface area contributed by atoms with Gasteiger partial charge in [0, 0.05) is 22.6 Å². The van der Waals surface area contributed by atoms with Gasteiger partial charge >= 0.3 is 0 Å². The highest BCUT2D eigenvalue weighted by atomic mass is 79.9. The molecule has 1 aromatic carbocycles. The molecule has 1 aromatic rings. The quantitative estimate of drug-likeness (QED) is 0.876. The lowest BCUT2D eigenvalue weighted by Gasteiger charge is -2.20. The fourth-order valence-electron chi connectivity index (χ4n) is 2.57. The average Bonchev–Trinajstić information content (AvgIpc) is 2.83. The molecule has 1 saturated carbocycles. The Balaban J connectivity index is 1.90. The maximum atomic E-state index is 13.5. The molecule has 0 heterocycles. The summed E-state index contributed by atoms with van der Waals surface area (Å²) in [5, 5.41) is 3.45. The van der Waals surface area contributed by atoms with Gasteiger partial charge in [-0.15, -0.1) is 0 Å². The second-order valence-corrected chi connectivity index (χ2v) is 5.87. The SMILES string of the molecule is CC(NCc1cc(Br)ccc1F)C1CCCC1. The Bertz CT molecular complexity index is 374. The standard InChI is InChI=1S/C14H19BrFN/c1-10(11-4-2-3-5-11)17-9-12-8-13(15)6-7-14(12)16/h6-8,10-11,17H,2-5,9H2,1H3.